The third-order valence-corrected chi connectivity index (χ3v) is 4.64. The molecule has 170 valence electrons. The Morgan fingerprint density at radius 2 is 1.82 bits per heavy atom. The van der Waals surface area contributed by atoms with E-state index in [1.165, 1.54) is 21.9 Å². The Bertz CT molecular complexity index is 1410. The summed E-state index contributed by atoms with van der Waals surface area (Å²) in [5.41, 5.74) is 2.13. The second-order valence-corrected chi connectivity index (χ2v) is 7.43. The van der Waals surface area contributed by atoms with Crippen LogP contribution in [-0.4, -0.2) is 57.6 Å². The normalized spacial score (nSPS) is 11.0. The summed E-state index contributed by atoms with van der Waals surface area (Å²) in [4.78, 5) is 49.8. The van der Waals surface area contributed by atoms with Gasteiger partial charge in [0.15, 0.2) is 12.3 Å². The van der Waals surface area contributed by atoms with Crippen LogP contribution in [-0.2, 0) is 27.9 Å². The van der Waals surface area contributed by atoms with Crippen molar-refractivity contribution in [2.24, 2.45) is 7.05 Å². The van der Waals surface area contributed by atoms with Gasteiger partial charge in [0, 0.05) is 24.5 Å². The number of amides is 1. The summed E-state index contributed by atoms with van der Waals surface area (Å²) in [6, 6.07) is 3.47. The van der Waals surface area contributed by atoms with E-state index < -0.39 is 30.6 Å². The van der Waals surface area contributed by atoms with Crippen molar-refractivity contribution in [2.75, 3.05) is 11.9 Å². The summed E-state index contributed by atoms with van der Waals surface area (Å²) in [6.07, 6.45) is 2.61. The quantitative estimate of drug-likeness (QED) is 0.406. The van der Waals surface area contributed by atoms with Crippen molar-refractivity contribution >= 4 is 28.7 Å². The molecule has 0 atom stereocenters. The number of nitrogens with one attached hydrogen (secondary N) is 1. The van der Waals surface area contributed by atoms with Crippen molar-refractivity contribution < 1.29 is 14.3 Å². The Balaban J connectivity index is 1.41. The Morgan fingerprint density at radius 1 is 1.09 bits per heavy atom. The lowest BCUT2D eigenvalue weighted by atomic mass is 10.4. The van der Waals surface area contributed by atoms with Crippen LogP contribution in [0.5, 0.6) is 0 Å². The molecule has 13 nitrogen and oxygen atoms in total. The largest absolute Gasteiger partial charge is 0.454 e. The maximum Gasteiger partial charge on any atom is 0.326 e. The lowest BCUT2D eigenvalue weighted by molar-refractivity contribution is -0.147. The summed E-state index contributed by atoms with van der Waals surface area (Å²) in [6.45, 7) is 4.49. The minimum Gasteiger partial charge on any atom is -0.454 e. The average molecular weight is 451 g/mol. The molecule has 0 bridgehead atoms. The number of carbonyl (C=O) groups excluding carboxylic acids is 2. The first-order valence-corrected chi connectivity index (χ1v) is 9.93. The van der Waals surface area contributed by atoms with Gasteiger partial charge in [-0.1, -0.05) is 0 Å². The Morgan fingerprint density at radius 3 is 2.55 bits per heavy atom. The third kappa shape index (κ3) is 4.61. The van der Waals surface area contributed by atoms with E-state index in [4.69, 9.17) is 4.74 Å². The van der Waals surface area contributed by atoms with E-state index in [0.717, 1.165) is 16.0 Å². The molecule has 0 aromatic carbocycles. The standard InChI is InChI=1S/C20H21N9O4/c1-11-5-12(2)24-20(23-11)29-15(6-13(3)26-29)25-16(30)9-33-17(31)8-28-10-21-18-14(19(28)32)7-22-27(18)4/h5-7,10H,8-9H2,1-4H3,(H,25,30). The van der Waals surface area contributed by atoms with Gasteiger partial charge < -0.3 is 10.1 Å². The molecule has 0 fully saturated rings. The van der Waals surface area contributed by atoms with Crippen LogP contribution in [0, 0.1) is 20.8 Å². The van der Waals surface area contributed by atoms with Crippen molar-refractivity contribution in [3.05, 3.63) is 52.1 Å². The smallest absolute Gasteiger partial charge is 0.326 e. The number of hydrogen-bond donors (Lipinski definition) is 1. The average Bonchev–Trinajstić information content (AvgIpc) is 3.30. The fraction of sp³-hybridized carbons (Fsp3) is 0.300. The number of anilines is 1. The van der Waals surface area contributed by atoms with E-state index in [-0.39, 0.29) is 5.39 Å². The van der Waals surface area contributed by atoms with Crippen LogP contribution < -0.4 is 10.9 Å². The van der Waals surface area contributed by atoms with Gasteiger partial charge in [-0.05, 0) is 26.8 Å². The number of ether oxygens (including phenoxy) is 1. The lowest BCUT2D eigenvalue weighted by Gasteiger charge is -2.09. The number of rotatable bonds is 6. The molecule has 4 aromatic heterocycles. The van der Waals surface area contributed by atoms with Gasteiger partial charge in [-0.3, -0.25) is 23.6 Å². The SMILES string of the molecule is Cc1cc(C)nc(-n2nc(C)cc2NC(=O)COC(=O)Cn2cnc3c(cnn3C)c2=O)n1. The summed E-state index contributed by atoms with van der Waals surface area (Å²) >= 11 is 0. The Labute approximate surface area is 187 Å². The highest BCUT2D eigenvalue weighted by atomic mass is 16.5. The van der Waals surface area contributed by atoms with Crippen molar-refractivity contribution in [1.29, 1.82) is 0 Å². The number of fused-ring (bicyclic) bond motifs is 1. The van der Waals surface area contributed by atoms with Crippen LogP contribution in [0.2, 0.25) is 0 Å². The first kappa shape index (κ1) is 21.8. The molecular weight excluding hydrogens is 430 g/mol. The van der Waals surface area contributed by atoms with Gasteiger partial charge >= 0.3 is 5.97 Å². The van der Waals surface area contributed by atoms with Crippen molar-refractivity contribution in [2.45, 2.75) is 27.3 Å². The zero-order valence-electron chi connectivity index (χ0n) is 18.4. The minimum absolute atomic E-state index is 0.280. The van der Waals surface area contributed by atoms with Crippen LogP contribution in [0.1, 0.15) is 17.1 Å². The van der Waals surface area contributed by atoms with E-state index in [9.17, 15) is 14.4 Å². The number of hydrogen-bond acceptors (Lipinski definition) is 9. The number of carbonyl (C=O) groups is 2. The van der Waals surface area contributed by atoms with Crippen LogP contribution in [0.4, 0.5) is 5.82 Å². The predicted molar refractivity (Wildman–Crippen MR) is 116 cm³/mol. The molecule has 0 aliphatic heterocycles. The Kier molecular flexibility index (Phi) is 5.69. The van der Waals surface area contributed by atoms with E-state index in [2.05, 4.69) is 30.5 Å². The number of esters is 1. The van der Waals surface area contributed by atoms with Crippen LogP contribution >= 0.6 is 0 Å². The highest BCUT2D eigenvalue weighted by Gasteiger charge is 2.16. The third-order valence-electron chi connectivity index (χ3n) is 4.64. The van der Waals surface area contributed by atoms with Gasteiger partial charge in [0.2, 0.25) is 0 Å². The van der Waals surface area contributed by atoms with E-state index in [0.29, 0.717) is 23.1 Å². The molecule has 0 saturated heterocycles. The summed E-state index contributed by atoms with van der Waals surface area (Å²) in [5.74, 6) is -0.701. The van der Waals surface area contributed by atoms with Gasteiger partial charge in [-0.25, -0.2) is 15.0 Å². The van der Waals surface area contributed by atoms with Gasteiger partial charge in [-0.15, -0.1) is 0 Å². The van der Waals surface area contributed by atoms with Crippen LogP contribution in [0.25, 0.3) is 17.0 Å². The zero-order valence-corrected chi connectivity index (χ0v) is 18.4. The zero-order chi connectivity index (χ0) is 23.7. The molecule has 33 heavy (non-hydrogen) atoms. The molecule has 4 aromatic rings. The summed E-state index contributed by atoms with van der Waals surface area (Å²) in [5, 5.41) is 11.2. The highest BCUT2D eigenvalue weighted by molar-refractivity contribution is 5.92. The Hall–Kier alpha value is -4.42. The molecule has 0 unspecified atom stereocenters. The molecule has 0 radical (unpaired) electrons. The number of aromatic nitrogens is 8. The molecule has 1 N–H and O–H groups in total. The van der Waals surface area contributed by atoms with Crippen LogP contribution in [0.3, 0.4) is 0 Å². The lowest BCUT2D eigenvalue weighted by Crippen LogP contribution is -2.28. The predicted octanol–water partition coefficient (Wildman–Crippen LogP) is 0.213. The summed E-state index contributed by atoms with van der Waals surface area (Å²) in [7, 11) is 1.66. The number of nitrogens with zero attached hydrogens (tertiary/aromatic N) is 8. The van der Waals surface area contributed by atoms with Crippen LogP contribution in [0.15, 0.2) is 29.5 Å². The van der Waals surface area contributed by atoms with Crippen molar-refractivity contribution in [1.82, 2.24) is 39.1 Å². The topological polar surface area (TPSA) is 152 Å². The molecule has 0 aliphatic carbocycles. The van der Waals surface area contributed by atoms with Gasteiger partial charge in [0.1, 0.15) is 24.1 Å². The van der Waals surface area contributed by atoms with E-state index in [1.54, 1.807) is 20.0 Å². The molecule has 0 spiro atoms. The monoisotopic (exact) mass is 451 g/mol. The van der Waals surface area contributed by atoms with Crippen molar-refractivity contribution in [3.8, 4) is 5.95 Å². The van der Waals surface area contributed by atoms with E-state index >= 15 is 0 Å². The molecule has 0 saturated carbocycles. The highest BCUT2D eigenvalue weighted by Crippen LogP contribution is 2.15. The van der Waals surface area contributed by atoms with Gasteiger partial charge in [-0.2, -0.15) is 14.9 Å². The molecule has 13 heteroatoms. The summed E-state index contributed by atoms with van der Waals surface area (Å²) < 4.78 is 8.98. The first-order valence-electron chi connectivity index (χ1n) is 9.93. The fourth-order valence-corrected chi connectivity index (χ4v) is 3.23. The molecular formula is C20H21N9O4. The first-order chi connectivity index (χ1) is 15.7. The molecule has 0 aliphatic rings. The second kappa shape index (κ2) is 8.61. The molecule has 1 amide bonds. The maximum absolute atomic E-state index is 12.4. The fourth-order valence-electron chi connectivity index (χ4n) is 3.23. The minimum atomic E-state index is -0.764. The maximum atomic E-state index is 12.4. The molecule has 4 rings (SSSR count). The van der Waals surface area contributed by atoms with Crippen molar-refractivity contribution in [3.63, 3.8) is 0 Å². The second-order valence-electron chi connectivity index (χ2n) is 7.43. The van der Waals surface area contributed by atoms with Gasteiger partial charge in [0.25, 0.3) is 17.4 Å². The van der Waals surface area contributed by atoms with E-state index in [1.807, 2.05) is 19.9 Å². The van der Waals surface area contributed by atoms with Gasteiger partial charge in [0.05, 0.1) is 11.9 Å². The number of aryl methyl sites for hydroxylation is 4. The molecule has 4 heterocycles.